The van der Waals surface area contributed by atoms with E-state index in [9.17, 15) is 0 Å². The molecule has 1 aliphatic rings. The Balaban J connectivity index is 1.91. The highest BCUT2D eigenvalue weighted by molar-refractivity contribution is 5.18. The third-order valence-electron chi connectivity index (χ3n) is 3.22. The smallest absolute Gasteiger partial charge is 0.118 e. The molecule has 0 aromatic carbocycles. The molecule has 1 aromatic heterocycles. The summed E-state index contributed by atoms with van der Waals surface area (Å²) in [5.41, 5.74) is -0.278. The maximum atomic E-state index is 5.79. The van der Waals surface area contributed by atoms with E-state index < -0.39 is 0 Å². The predicted octanol–water partition coefficient (Wildman–Crippen LogP) is 2.90. The Bertz CT molecular complexity index is 411. The topological polar surface area (TPSA) is 25.2 Å². The quantitative estimate of drug-likeness (QED) is 0.784. The van der Waals surface area contributed by atoms with Crippen molar-refractivity contribution in [2.75, 3.05) is 0 Å². The standard InChI is InChI=1S/C14H19NO/c1-5-14(3,4)15-9-11-6-7-13(16-11)12-8-10(12)2/h1,6-7,10,12,15H,8-9H2,2-4H3. The molecule has 0 saturated heterocycles. The van der Waals surface area contributed by atoms with Crippen LogP contribution in [0, 0.1) is 18.3 Å². The second kappa shape index (κ2) is 3.99. The molecule has 0 amide bonds. The maximum Gasteiger partial charge on any atom is 0.118 e. The summed E-state index contributed by atoms with van der Waals surface area (Å²) in [6.07, 6.45) is 6.67. The Hall–Kier alpha value is -1.20. The van der Waals surface area contributed by atoms with Crippen molar-refractivity contribution in [1.82, 2.24) is 5.32 Å². The van der Waals surface area contributed by atoms with Gasteiger partial charge in [-0.15, -0.1) is 6.42 Å². The van der Waals surface area contributed by atoms with Crippen LogP contribution in [0.25, 0.3) is 0 Å². The largest absolute Gasteiger partial charge is 0.464 e. The summed E-state index contributed by atoms with van der Waals surface area (Å²) < 4.78 is 5.79. The summed E-state index contributed by atoms with van der Waals surface area (Å²) in [7, 11) is 0. The molecule has 0 aliphatic heterocycles. The average Bonchev–Trinajstić information content (AvgIpc) is 2.81. The van der Waals surface area contributed by atoms with Crippen LogP contribution in [0.15, 0.2) is 16.5 Å². The molecule has 2 unspecified atom stereocenters. The summed E-state index contributed by atoms with van der Waals surface area (Å²) >= 11 is 0. The molecular formula is C14H19NO. The van der Waals surface area contributed by atoms with Gasteiger partial charge in [-0.25, -0.2) is 0 Å². The van der Waals surface area contributed by atoms with Crippen LogP contribution < -0.4 is 5.32 Å². The molecule has 0 bridgehead atoms. The number of rotatable bonds is 4. The average molecular weight is 217 g/mol. The molecule has 2 nitrogen and oxygen atoms in total. The van der Waals surface area contributed by atoms with Gasteiger partial charge in [0.05, 0.1) is 12.1 Å². The minimum absolute atomic E-state index is 0.278. The maximum absolute atomic E-state index is 5.79. The molecule has 1 saturated carbocycles. The van der Waals surface area contributed by atoms with E-state index in [0.717, 1.165) is 17.4 Å². The highest BCUT2D eigenvalue weighted by Gasteiger charge is 2.36. The van der Waals surface area contributed by atoms with E-state index in [0.29, 0.717) is 12.5 Å². The van der Waals surface area contributed by atoms with Crippen LogP contribution >= 0.6 is 0 Å². The van der Waals surface area contributed by atoms with E-state index in [2.05, 4.69) is 24.2 Å². The van der Waals surface area contributed by atoms with Crippen LogP contribution in [-0.2, 0) is 6.54 Å². The number of hydrogen-bond acceptors (Lipinski definition) is 2. The molecule has 1 aromatic rings. The van der Waals surface area contributed by atoms with Crippen molar-refractivity contribution in [1.29, 1.82) is 0 Å². The first-order valence-corrected chi connectivity index (χ1v) is 5.83. The molecule has 2 heteroatoms. The zero-order valence-corrected chi connectivity index (χ0v) is 10.2. The fourth-order valence-electron chi connectivity index (χ4n) is 1.77. The number of terminal acetylenes is 1. The molecule has 2 atom stereocenters. The summed E-state index contributed by atoms with van der Waals surface area (Å²) in [5.74, 6) is 6.24. The highest BCUT2D eigenvalue weighted by Crippen LogP contribution is 2.47. The third-order valence-corrected chi connectivity index (χ3v) is 3.22. The lowest BCUT2D eigenvalue weighted by Crippen LogP contribution is -2.36. The predicted molar refractivity (Wildman–Crippen MR) is 65.0 cm³/mol. The van der Waals surface area contributed by atoms with Gasteiger partial charge < -0.3 is 4.42 Å². The Morgan fingerprint density at radius 3 is 2.81 bits per heavy atom. The summed E-state index contributed by atoms with van der Waals surface area (Å²) in [6, 6.07) is 4.13. The Kier molecular flexibility index (Phi) is 2.82. The van der Waals surface area contributed by atoms with Gasteiger partial charge in [0.1, 0.15) is 11.5 Å². The summed E-state index contributed by atoms with van der Waals surface area (Å²) in [6.45, 7) is 6.92. The van der Waals surface area contributed by atoms with E-state index in [-0.39, 0.29) is 5.54 Å². The van der Waals surface area contributed by atoms with Gasteiger partial charge in [0, 0.05) is 5.92 Å². The molecule has 1 N–H and O–H groups in total. The second-order valence-electron chi connectivity index (χ2n) is 5.25. The lowest BCUT2D eigenvalue weighted by molar-refractivity contribution is 0.409. The van der Waals surface area contributed by atoms with Crippen LogP contribution in [0.4, 0.5) is 0 Å². The van der Waals surface area contributed by atoms with Crippen LogP contribution in [0.2, 0.25) is 0 Å². The molecule has 1 aliphatic carbocycles. The summed E-state index contributed by atoms with van der Waals surface area (Å²) in [4.78, 5) is 0. The van der Waals surface area contributed by atoms with Crippen molar-refractivity contribution < 1.29 is 4.42 Å². The highest BCUT2D eigenvalue weighted by atomic mass is 16.3. The van der Waals surface area contributed by atoms with Gasteiger partial charge in [0.25, 0.3) is 0 Å². The molecule has 0 radical (unpaired) electrons. The van der Waals surface area contributed by atoms with Gasteiger partial charge >= 0.3 is 0 Å². The monoisotopic (exact) mass is 217 g/mol. The fourth-order valence-corrected chi connectivity index (χ4v) is 1.77. The van der Waals surface area contributed by atoms with Crippen LogP contribution in [0.5, 0.6) is 0 Å². The zero-order chi connectivity index (χ0) is 11.8. The number of furan rings is 1. The molecular weight excluding hydrogens is 198 g/mol. The van der Waals surface area contributed by atoms with Crippen LogP contribution in [0.1, 0.15) is 44.6 Å². The minimum Gasteiger partial charge on any atom is -0.464 e. The minimum atomic E-state index is -0.278. The molecule has 1 heterocycles. The fraction of sp³-hybridized carbons (Fsp3) is 0.571. The van der Waals surface area contributed by atoms with Crippen molar-refractivity contribution in [3.05, 3.63) is 23.7 Å². The zero-order valence-electron chi connectivity index (χ0n) is 10.2. The lowest BCUT2D eigenvalue weighted by atomic mass is 10.1. The van der Waals surface area contributed by atoms with Crippen molar-refractivity contribution in [3.63, 3.8) is 0 Å². The van der Waals surface area contributed by atoms with E-state index in [1.54, 1.807) is 0 Å². The molecule has 86 valence electrons. The molecule has 16 heavy (non-hydrogen) atoms. The molecule has 2 rings (SSSR count). The summed E-state index contributed by atoms with van der Waals surface area (Å²) in [5, 5.41) is 3.28. The molecule has 0 spiro atoms. The van der Waals surface area contributed by atoms with Crippen LogP contribution in [-0.4, -0.2) is 5.54 Å². The number of nitrogens with one attached hydrogen (secondary N) is 1. The van der Waals surface area contributed by atoms with Crippen molar-refractivity contribution in [2.24, 2.45) is 5.92 Å². The van der Waals surface area contributed by atoms with Gasteiger partial charge in [0.15, 0.2) is 0 Å². The van der Waals surface area contributed by atoms with Gasteiger partial charge in [0.2, 0.25) is 0 Å². The second-order valence-corrected chi connectivity index (χ2v) is 5.25. The van der Waals surface area contributed by atoms with Crippen molar-refractivity contribution >= 4 is 0 Å². The van der Waals surface area contributed by atoms with Gasteiger partial charge in [-0.1, -0.05) is 12.8 Å². The van der Waals surface area contributed by atoms with E-state index in [1.807, 2.05) is 19.9 Å². The first-order valence-electron chi connectivity index (χ1n) is 5.83. The first-order chi connectivity index (χ1) is 7.52. The van der Waals surface area contributed by atoms with Gasteiger partial charge in [-0.05, 0) is 38.3 Å². The Morgan fingerprint density at radius 1 is 1.56 bits per heavy atom. The Morgan fingerprint density at radius 2 is 2.25 bits per heavy atom. The first kappa shape index (κ1) is 11.3. The van der Waals surface area contributed by atoms with Crippen molar-refractivity contribution in [3.8, 4) is 12.3 Å². The lowest BCUT2D eigenvalue weighted by Gasteiger charge is -2.18. The SMILES string of the molecule is C#CC(C)(C)NCc1ccc(C2CC2C)o1. The van der Waals surface area contributed by atoms with Crippen LogP contribution in [0.3, 0.4) is 0 Å². The normalized spacial score (nSPS) is 24.1. The third kappa shape index (κ3) is 2.48. The number of hydrogen-bond donors (Lipinski definition) is 1. The van der Waals surface area contributed by atoms with E-state index >= 15 is 0 Å². The van der Waals surface area contributed by atoms with E-state index in [1.165, 1.54) is 6.42 Å². The van der Waals surface area contributed by atoms with Crippen molar-refractivity contribution in [2.45, 2.75) is 45.2 Å². The van der Waals surface area contributed by atoms with E-state index in [4.69, 9.17) is 10.8 Å². The van der Waals surface area contributed by atoms with Gasteiger partial charge in [-0.3, -0.25) is 5.32 Å². The molecule has 1 fully saturated rings. The van der Waals surface area contributed by atoms with Gasteiger partial charge in [-0.2, -0.15) is 0 Å². The Labute approximate surface area is 97.4 Å².